The topological polar surface area (TPSA) is 126 Å². The predicted molar refractivity (Wildman–Crippen MR) is 164 cm³/mol. The van der Waals surface area contributed by atoms with Crippen LogP contribution in [-0.4, -0.2) is 28.2 Å². The fraction of sp³-hybridized carbons (Fsp3) is 0.452. The number of amides is 1. The molecule has 1 fully saturated rings. The van der Waals surface area contributed by atoms with Crippen molar-refractivity contribution in [2.45, 2.75) is 88.6 Å². The molecule has 2 aliphatic rings. The maximum Gasteiger partial charge on any atom is 0.224 e. The van der Waals surface area contributed by atoms with Gasteiger partial charge in [-0.3, -0.25) is 4.79 Å². The second kappa shape index (κ2) is 16.8. The van der Waals surface area contributed by atoms with Crippen LogP contribution in [0.5, 0.6) is 0 Å². The molecule has 1 atom stereocenters. The maximum absolute atomic E-state index is 11.9. The van der Waals surface area contributed by atoms with Crippen LogP contribution in [-0.2, 0) is 35.2 Å². The summed E-state index contributed by atoms with van der Waals surface area (Å²) in [6, 6.07) is 15.3. The normalized spacial score (nSPS) is 16.1. The second-order valence-electron chi connectivity index (χ2n) is 10.6. The summed E-state index contributed by atoms with van der Waals surface area (Å²) in [5.74, 6) is 5.22. The van der Waals surface area contributed by atoms with Crippen LogP contribution in [0, 0.1) is 6.92 Å². The van der Waals surface area contributed by atoms with Crippen molar-refractivity contribution in [3.8, 4) is 0 Å². The third kappa shape index (κ3) is 11.5. The first kappa shape index (κ1) is 31.4. The van der Waals surface area contributed by atoms with E-state index in [1.165, 1.54) is 74.3 Å². The van der Waals surface area contributed by atoms with E-state index in [2.05, 4.69) is 33.6 Å². The van der Waals surface area contributed by atoms with Gasteiger partial charge in [0.25, 0.3) is 0 Å². The van der Waals surface area contributed by atoms with Crippen LogP contribution in [0.4, 0.5) is 0 Å². The van der Waals surface area contributed by atoms with Crippen molar-refractivity contribution in [2.24, 2.45) is 11.6 Å². The van der Waals surface area contributed by atoms with Crippen molar-refractivity contribution in [1.29, 1.82) is 0 Å². The molecule has 0 bridgehead atoms. The van der Waals surface area contributed by atoms with Crippen LogP contribution in [0.25, 0.3) is 0 Å². The molecule has 0 aromatic heterocycles. The van der Waals surface area contributed by atoms with E-state index in [0.717, 1.165) is 18.2 Å². The molecule has 218 valence electrons. The van der Waals surface area contributed by atoms with Gasteiger partial charge in [-0.05, 0) is 80.7 Å². The Labute approximate surface area is 242 Å². The summed E-state index contributed by atoms with van der Waals surface area (Å²) in [5, 5.41) is 7.60. The van der Waals surface area contributed by atoms with Crippen LogP contribution in [0.15, 0.2) is 71.7 Å². The summed E-state index contributed by atoms with van der Waals surface area (Å²) >= 11 is 0. The lowest BCUT2D eigenvalue weighted by Crippen LogP contribution is -2.25. The van der Waals surface area contributed by atoms with E-state index < -0.39 is 11.0 Å². The molecule has 0 aliphatic heterocycles. The first-order valence-corrected chi connectivity index (χ1v) is 15.4. The molecular formula is C31H46N6O2S. The summed E-state index contributed by atoms with van der Waals surface area (Å²) in [6.45, 7) is 3.03. The highest BCUT2D eigenvalue weighted by Crippen LogP contribution is 2.23. The van der Waals surface area contributed by atoms with Crippen molar-refractivity contribution >= 4 is 16.9 Å². The van der Waals surface area contributed by atoms with E-state index in [4.69, 9.17) is 11.6 Å². The smallest absolute Gasteiger partial charge is 0.224 e. The van der Waals surface area contributed by atoms with Crippen molar-refractivity contribution in [3.05, 3.63) is 89.0 Å². The molecule has 2 aromatic rings. The van der Waals surface area contributed by atoms with Crippen molar-refractivity contribution < 1.29 is 9.00 Å². The van der Waals surface area contributed by atoms with Crippen LogP contribution >= 0.6 is 0 Å². The molecular weight excluding hydrogens is 520 g/mol. The second-order valence-corrected chi connectivity index (χ2v) is 11.9. The highest BCUT2D eigenvalue weighted by molar-refractivity contribution is 7.83. The Bertz CT molecular complexity index is 1160. The number of benzene rings is 2. The number of allylic oxidation sites excluding steroid dienone is 1. The molecule has 1 saturated carbocycles. The summed E-state index contributed by atoms with van der Waals surface area (Å²) in [4.78, 5) is 12.3. The van der Waals surface area contributed by atoms with Gasteiger partial charge in [-0.15, -0.1) is 0 Å². The van der Waals surface area contributed by atoms with Crippen LogP contribution < -0.4 is 26.9 Å². The average molecular weight is 567 g/mol. The third-order valence-corrected chi connectivity index (χ3v) is 8.16. The van der Waals surface area contributed by atoms with Crippen LogP contribution in [0.1, 0.15) is 73.6 Å². The van der Waals surface area contributed by atoms with Crippen molar-refractivity contribution in [2.75, 3.05) is 7.05 Å². The molecule has 0 saturated heterocycles. The average Bonchev–Trinajstić information content (AvgIpc) is 3.47. The quantitative estimate of drug-likeness (QED) is 0.205. The van der Waals surface area contributed by atoms with Gasteiger partial charge >= 0.3 is 0 Å². The minimum absolute atomic E-state index is 0.194. The lowest BCUT2D eigenvalue weighted by molar-refractivity contribution is -0.120. The molecule has 8 nitrogen and oxygen atoms in total. The molecule has 1 amide bonds. The monoisotopic (exact) mass is 566 g/mol. The number of hydrogen-bond acceptors (Lipinski definition) is 6. The third-order valence-electron chi connectivity index (χ3n) is 7.11. The molecule has 0 spiro atoms. The Kier molecular flexibility index (Phi) is 13.2. The van der Waals surface area contributed by atoms with Gasteiger partial charge in [0, 0.05) is 50.4 Å². The molecule has 0 heterocycles. The zero-order valence-corrected chi connectivity index (χ0v) is 24.8. The largest absolute Gasteiger partial charge is 0.401 e. The molecule has 1 unspecified atom stereocenters. The van der Waals surface area contributed by atoms with Gasteiger partial charge in [0.15, 0.2) is 0 Å². The molecule has 2 aromatic carbocycles. The van der Waals surface area contributed by atoms with Gasteiger partial charge in [-0.1, -0.05) is 48.7 Å². The predicted octanol–water partition coefficient (Wildman–Crippen LogP) is 4.18. The van der Waals surface area contributed by atoms with Crippen LogP contribution in [0.2, 0.25) is 0 Å². The Balaban J connectivity index is 0.000000229. The number of carbonyl (C=O) groups excluding carboxylic acids is 1. The molecule has 40 heavy (non-hydrogen) atoms. The van der Waals surface area contributed by atoms with Crippen LogP contribution in [0.3, 0.4) is 0 Å². The van der Waals surface area contributed by atoms with Gasteiger partial charge in [-0.25, -0.2) is 10.1 Å². The van der Waals surface area contributed by atoms with E-state index in [0.29, 0.717) is 17.0 Å². The molecule has 0 radical (unpaired) electrons. The standard InChI is InChI=1S/C16H23N.C15H23N5O2S/c1-2-6-15-11-13(9-10-14(15)5-1)12-17-16-7-3-4-8-16;1-12-3-6-14(7-4-12)23(22)19-10-9-18-15(21)8-5-13(16)11-20(2)17/h9-11,16-17H,1-8,12H2;3-4,6-7,9-11,19H,5,8,16-17H2,1-2H3,(H,18,21)/b;10-9-,13-11-. The lowest BCUT2D eigenvalue weighted by atomic mass is 9.90. The van der Waals surface area contributed by atoms with E-state index in [1.807, 2.05) is 19.1 Å². The SMILES string of the molecule is Cc1ccc(S(=O)N/C=C\NC(=O)CC/C(N)=C/N(C)N)cc1.c1cc2c(cc1CNC1CCCC1)CCCC2. The van der Waals surface area contributed by atoms with Gasteiger partial charge in [-0.2, -0.15) is 0 Å². The number of nitrogens with zero attached hydrogens (tertiary/aromatic N) is 1. The molecule has 9 heteroatoms. The Morgan fingerprint density at radius 2 is 1.70 bits per heavy atom. The summed E-state index contributed by atoms with van der Waals surface area (Å²) in [6.07, 6.45) is 16.0. The lowest BCUT2D eigenvalue weighted by Gasteiger charge is -2.18. The highest BCUT2D eigenvalue weighted by Gasteiger charge is 2.14. The van der Waals surface area contributed by atoms with Gasteiger partial charge in [0.05, 0.1) is 4.90 Å². The van der Waals surface area contributed by atoms with Gasteiger partial charge in [0.2, 0.25) is 5.91 Å². The van der Waals surface area contributed by atoms with E-state index in [9.17, 15) is 9.00 Å². The Morgan fingerprint density at radius 1 is 1.00 bits per heavy atom. The highest BCUT2D eigenvalue weighted by atomic mass is 32.2. The Morgan fingerprint density at radius 3 is 2.40 bits per heavy atom. The zero-order valence-electron chi connectivity index (χ0n) is 24.0. The van der Waals surface area contributed by atoms with E-state index >= 15 is 0 Å². The number of aryl methyl sites for hydroxylation is 3. The fourth-order valence-corrected chi connectivity index (χ4v) is 5.62. The maximum atomic E-state index is 11.9. The number of hydrogen-bond donors (Lipinski definition) is 5. The molecule has 7 N–H and O–H groups in total. The summed E-state index contributed by atoms with van der Waals surface area (Å²) in [7, 11) is 0.288. The van der Waals surface area contributed by atoms with E-state index in [1.54, 1.807) is 36.5 Å². The number of rotatable bonds is 11. The number of carbonyl (C=O) groups is 1. The van der Waals surface area contributed by atoms with Gasteiger partial charge in [0.1, 0.15) is 11.0 Å². The first-order chi connectivity index (χ1) is 19.3. The van der Waals surface area contributed by atoms with Gasteiger partial charge < -0.3 is 26.1 Å². The number of nitrogens with two attached hydrogens (primary N) is 2. The van der Waals surface area contributed by atoms with E-state index in [-0.39, 0.29) is 12.3 Å². The zero-order chi connectivity index (χ0) is 28.7. The Hall–Kier alpha value is -3.14. The number of fused-ring (bicyclic) bond motifs is 1. The molecule has 2 aliphatic carbocycles. The minimum atomic E-state index is -1.36. The minimum Gasteiger partial charge on any atom is -0.401 e. The molecule has 4 rings (SSSR count). The summed E-state index contributed by atoms with van der Waals surface area (Å²) in [5.41, 5.74) is 12.0. The summed E-state index contributed by atoms with van der Waals surface area (Å²) < 4.78 is 14.6. The first-order valence-electron chi connectivity index (χ1n) is 14.3. The number of nitrogens with one attached hydrogen (secondary N) is 3. The van der Waals surface area contributed by atoms with Crippen molar-refractivity contribution in [1.82, 2.24) is 20.4 Å². The van der Waals surface area contributed by atoms with Crippen molar-refractivity contribution in [3.63, 3.8) is 0 Å². The number of hydrazine groups is 1. The fourth-order valence-electron chi connectivity index (χ4n) is 4.91.